The second-order valence-corrected chi connectivity index (χ2v) is 7.45. The number of carboxylic acid groups (broad SMARTS) is 1. The van der Waals surface area contributed by atoms with Crippen molar-refractivity contribution in [2.45, 2.75) is 123 Å². The molecular weight excluding hydrogens is 312 g/mol. The molecule has 0 bridgehead atoms. The summed E-state index contributed by atoms with van der Waals surface area (Å²) in [5.74, 6) is -0.802. The number of unbranched alkanes of at least 4 members (excludes halogenated alkanes) is 12. The monoisotopic (exact) mass is 354 g/mol. The third-order valence-corrected chi connectivity index (χ3v) is 4.92. The maximum absolute atomic E-state index is 10.6. The van der Waals surface area contributed by atoms with Crippen LogP contribution in [0.5, 0.6) is 0 Å². The molecule has 2 N–H and O–H groups in total. The van der Waals surface area contributed by atoms with Crippen LogP contribution in [0.3, 0.4) is 0 Å². The lowest BCUT2D eigenvalue weighted by Crippen LogP contribution is -2.05. The molecule has 0 heterocycles. The maximum Gasteiger partial charge on any atom is 0.330 e. The predicted molar refractivity (Wildman–Crippen MR) is 107 cm³/mol. The molecule has 0 saturated carbocycles. The van der Waals surface area contributed by atoms with Gasteiger partial charge >= 0.3 is 5.97 Å². The Balaban J connectivity index is 3.23. The highest BCUT2D eigenvalue weighted by Crippen LogP contribution is 2.14. The predicted octanol–water partition coefficient (Wildman–Crippen LogP) is 6.64. The van der Waals surface area contributed by atoms with E-state index in [2.05, 4.69) is 6.92 Å². The third-order valence-electron chi connectivity index (χ3n) is 4.92. The quantitative estimate of drug-likeness (QED) is 0.214. The third kappa shape index (κ3) is 17.8. The van der Waals surface area contributed by atoms with Crippen molar-refractivity contribution in [1.82, 2.24) is 0 Å². The normalized spacial score (nSPS) is 13.2. The zero-order valence-electron chi connectivity index (χ0n) is 16.8. The van der Waals surface area contributed by atoms with Gasteiger partial charge in [0.2, 0.25) is 0 Å². The standard InChI is InChI=1S/C22H42O3/c1-3-4-5-15-18-21(23)19-16-13-11-9-7-6-8-10-12-14-17-20(2)22(24)25/h17,21,23H,3-16,18-19H2,1-2H3,(H,24,25). The first-order valence-electron chi connectivity index (χ1n) is 10.7. The summed E-state index contributed by atoms with van der Waals surface area (Å²) in [6.45, 7) is 3.88. The average Bonchev–Trinajstić information content (AvgIpc) is 2.59. The molecule has 0 aromatic carbocycles. The largest absolute Gasteiger partial charge is 0.478 e. The molecule has 25 heavy (non-hydrogen) atoms. The van der Waals surface area contributed by atoms with Crippen molar-refractivity contribution in [2.24, 2.45) is 0 Å². The van der Waals surface area contributed by atoms with Crippen LogP contribution in [0.25, 0.3) is 0 Å². The van der Waals surface area contributed by atoms with Crippen LogP contribution in [-0.2, 0) is 4.79 Å². The van der Waals surface area contributed by atoms with Crippen molar-refractivity contribution in [2.75, 3.05) is 0 Å². The number of carbonyl (C=O) groups is 1. The van der Waals surface area contributed by atoms with Gasteiger partial charge in [-0.05, 0) is 32.6 Å². The molecule has 1 atom stereocenters. The Morgan fingerprint density at radius 3 is 1.72 bits per heavy atom. The molecule has 0 amide bonds. The summed E-state index contributed by atoms with van der Waals surface area (Å²) in [7, 11) is 0. The van der Waals surface area contributed by atoms with E-state index in [1.165, 1.54) is 77.0 Å². The average molecular weight is 355 g/mol. The van der Waals surface area contributed by atoms with Crippen LogP contribution in [0.15, 0.2) is 11.6 Å². The number of aliphatic hydroxyl groups excluding tert-OH is 1. The molecule has 3 heteroatoms. The van der Waals surface area contributed by atoms with Gasteiger partial charge in [0.1, 0.15) is 0 Å². The molecule has 0 aliphatic heterocycles. The summed E-state index contributed by atoms with van der Waals surface area (Å²) in [6, 6.07) is 0. The van der Waals surface area contributed by atoms with E-state index in [1.54, 1.807) is 6.92 Å². The first kappa shape index (κ1) is 24.2. The molecule has 0 spiro atoms. The van der Waals surface area contributed by atoms with Crippen molar-refractivity contribution >= 4 is 5.97 Å². The number of aliphatic hydroxyl groups is 1. The van der Waals surface area contributed by atoms with Crippen molar-refractivity contribution < 1.29 is 15.0 Å². The summed E-state index contributed by atoms with van der Waals surface area (Å²) < 4.78 is 0. The van der Waals surface area contributed by atoms with Crippen LogP contribution in [0.4, 0.5) is 0 Å². The summed E-state index contributed by atoms with van der Waals surface area (Å²) in [5.41, 5.74) is 0.464. The van der Waals surface area contributed by atoms with Crippen LogP contribution in [0.2, 0.25) is 0 Å². The van der Waals surface area contributed by atoms with Gasteiger partial charge in [-0.15, -0.1) is 0 Å². The molecular formula is C22H42O3. The van der Waals surface area contributed by atoms with Gasteiger partial charge in [0.05, 0.1) is 6.10 Å². The number of allylic oxidation sites excluding steroid dienone is 1. The highest BCUT2D eigenvalue weighted by molar-refractivity contribution is 5.85. The van der Waals surface area contributed by atoms with Crippen molar-refractivity contribution in [3.63, 3.8) is 0 Å². The van der Waals surface area contributed by atoms with Crippen molar-refractivity contribution in [3.05, 3.63) is 11.6 Å². The Kier molecular flexibility index (Phi) is 17.4. The van der Waals surface area contributed by atoms with Gasteiger partial charge in [-0.25, -0.2) is 4.79 Å². The second-order valence-electron chi connectivity index (χ2n) is 7.45. The molecule has 148 valence electrons. The van der Waals surface area contributed by atoms with E-state index in [9.17, 15) is 9.90 Å². The van der Waals surface area contributed by atoms with E-state index in [1.807, 2.05) is 6.08 Å². The smallest absolute Gasteiger partial charge is 0.330 e. The van der Waals surface area contributed by atoms with Gasteiger partial charge in [-0.2, -0.15) is 0 Å². The molecule has 0 aliphatic rings. The molecule has 0 aliphatic carbocycles. The van der Waals surface area contributed by atoms with E-state index >= 15 is 0 Å². The molecule has 0 fully saturated rings. The molecule has 3 nitrogen and oxygen atoms in total. The van der Waals surface area contributed by atoms with Crippen LogP contribution < -0.4 is 0 Å². The zero-order valence-corrected chi connectivity index (χ0v) is 16.8. The molecule has 0 radical (unpaired) electrons. The van der Waals surface area contributed by atoms with Crippen molar-refractivity contribution in [3.8, 4) is 0 Å². The summed E-state index contributed by atoms with van der Waals surface area (Å²) in [5, 5.41) is 18.7. The van der Waals surface area contributed by atoms with E-state index in [-0.39, 0.29) is 6.10 Å². The minimum Gasteiger partial charge on any atom is -0.478 e. The lowest BCUT2D eigenvalue weighted by atomic mass is 10.0. The maximum atomic E-state index is 10.6. The lowest BCUT2D eigenvalue weighted by Gasteiger charge is -2.10. The Morgan fingerprint density at radius 2 is 1.24 bits per heavy atom. The first-order chi connectivity index (χ1) is 12.1. The first-order valence-corrected chi connectivity index (χ1v) is 10.7. The van der Waals surface area contributed by atoms with Gasteiger partial charge in [0.25, 0.3) is 0 Å². The number of carboxylic acids is 1. The minimum atomic E-state index is -0.802. The van der Waals surface area contributed by atoms with Gasteiger partial charge in [-0.3, -0.25) is 0 Å². The summed E-state index contributed by atoms with van der Waals surface area (Å²) in [4.78, 5) is 10.6. The summed E-state index contributed by atoms with van der Waals surface area (Å²) >= 11 is 0. The van der Waals surface area contributed by atoms with E-state index in [4.69, 9.17) is 5.11 Å². The Morgan fingerprint density at radius 1 is 0.800 bits per heavy atom. The fraction of sp³-hybridized carbons (Fsp3) is 0.864. The zero-order chi connectivity index (χ0) is 18.8. The van der Waals surface area contributed by atoms with Crippen molar-refractivity contribution in [1.29, 1.82) is 0 Å². The van der Waals surface area contributed by atoms with E-state index in [0.29, 0.717) is 5.57 Å². The number of aliphatic carboxylic acids is 1. The molecule has 0 rings (SSSR count). The number of rotatable bonds is 18. The Hall–Kier alpha value is -0.830. The van der Waals surface area contributed by atoms with Gasteiger partial charge < -0.3 is 10.2 Å². The molecule has 1 unspecified atom stereocenters. The highest BCUT2D eigenvalue weighted by Gasteiger charge is 2.03. The van der Waals surface area contributed by atoms with Crippen LogP contribution in [-0.4, -0.2) is 22.3 Å². The fourth-order valence-corrected chi connectivity index (χ4v) is 3.12. The van der Waals surface area contributed by atoms with Gasteiger partial charge in [0, 0.05) is 5.57 Å². The molecule has 0 aromatic heterocycles. The van der Waals surface area contributed by atoms with Gasteiger partial charge in [-0.1, -0.05) is 90.0 Å². The molecule has 0 aromatic rings. The Bertz CT molecular complexity index is 336. The lowest BCUT2D eigenvalue weighted by molar-refractivity contribution is -0.132. The Labute approximate surface area is 155 Å². The molecule has 0 saturated heterocycles. The van der Waals surface area contributed by atoms with Crippen LogP contribution in [0, 0.1) is 0 Å². The number of hydrogen-bond acceptors (Lipinski definition) is 2. The van der Waals surface area contributed by atoms with E-state index < -0.39 is 5.97 Å². The van der Waals surface area contributed by atoms with Gasteiger partial charge in [0.15, 0.2) is 0 Å². The van der Waals surface area contributed by atoms with Crippen LogP contribution in [0.1, 0.15) is 117 Å². The SMILES string of the molecule is CCCCCCC(O)CCCCCCCCCCCC=C(C)C(=O)O. The topological polar surface area (TPSA) is 57.5 Å². The van der Waals surface area contributed by atoms with Crippen LogP contribution >= 0.6 is 0 Å². The second kappa shape index (κ2) is 18.0. The van der Waals surface area contributed by atoms with E-state index in [0.717, 1.165) is 25.7 Å². The highest BCUT2D eigenvalue weighted by atomic mass is 16.4. The summed E-state index contributed by atoms with van der Waals surface area (Å²) in [6.07, 6.45) is 20.8. The number of hydrogen-bond donors (Lipinski definition) is 2. The minimum absolute atomic E-state index is 0.0735. The fourth-order valence-electron chi connectivity index (χ4n) is 3.12.